The van der Waals surface area contributed by atoms with Gasteiger partial charge in [0.25, 0.3) is 0 Å². The van der Waals surface area contributed by atoms with Crippen LogP contribution in [0.15, 0.2) is 121 Å². The van der Waals surface area contributed by atoms with Crippen molar-refractivity contribution in [2.75, 3.05) is 0 Å². The molecule has 0 aliphatic carbocycles. The minimum absolute atomic E-state index is 0.609. The first kappa shape index (κ1) is 19.4. The standard InChI is InChI=1S/C25H20P2Se/c28-25(26(21-13-5-1-6-14-21)22-15-7-2-8-16-22)27(23-17-9-3-10-18-23)24-19-11-4-12-20-24/h1-20H. The Labute approximate surface area is 177 Å². The first-order chi connectivity index (χ1) is 13.8. The molecule has 0 aliphatic heterocycles. The zero-order valence-corrected chi connectivity index (χ0v) is 18.9. The van der Waals surface area contributed by atoms with Crippen molar-refractivity contribution in [3.05, 3.63) is 121 Å². The summed E-state index contributed by atoms with van der Waals surface area (Å²) in [6, 6.07) is 43.7. The average Bonchev–Trinajstić information content (AvgIpc) is 2.77. The SMILES string of the molecule is [Se]=C(P(c1ccccc1)c1ccccc1)P(c1ccccc1)c1ccccc1. The summed E-state index contributed by atoms with van der Waals surface area (Å²) < 4.78 is 1.44. The average molecular weight is 461 g/mol. The molecule has 0 aromatic heterocycles. The molecule has 0 spiro atoms. The second-order valence-corrected chi connectivity index (χ2v) is 13.2. The summed E-state index contributed by atoms with van der Waals surface area (Å²) in [4.78, 5) is 0. The van der Waals surface area contributed by atoms with Crippen molar-refractivity contribution in [1.82, 2.24) is 0 Å². The molecule has 136 valence electrons. The van der Waals surface area contributed by atoms with Crippen molar-refractivity contribution < 1.29 is 0 Å². The molecule has 28 heavy (non-hydrogen) atoms. The predicted octanol–water partition coefficient (Wildman–Crippen LogP) is 4.51. The Bertz CT molecular complexity index is 855. The fourth-order valence-corrected chi connectivity index (χ4v) is 11.3. The molecule has 0 bridgehead atoms. The molecular formula is C25H20P2Se. The number of hydrogen-bond donors (Lipinski definition) is 0. The molecule has 3 heteroatoms. The molecule has 0 aliphatic rings. The molecule has 4 rings (SSSR count). The Balaban J connectivity index is 1.85. The van der Waals surface area contributed by atoms with E-state index in [1.165, 1.54) is 25.1 Å². The van der Waals surface area contributed by atoms with Gasteiger partial charge >= 0.3 is 178 Å². The summed E-state index contributed by atoms with van der Waals surface area (Å²) in [6.07, 6.45) is 0. The Morgan fingerprint density at radius 2 is 0.607 bits per heavy atom. The Morgan fingerprint density at radius 1 is 0.393 bits per heavy atom. The third-order valence-corrected chi connectivity index (χ3v) is 12.0. The molecule has 4 aromatic rings. The maximum absolute atomic E-state index is 3.55. The number of benzene rings is 4. The van der Waals surface area contributed by atoms with Gasteiger partial charge in [-0.05, 0) is 0 Å². The number of hydrogen-bond acceptors (Lipinski definition) is 0. The molecule has 0 radical (unpaired) electrons. The van der Waals surface area contributed by atoms with Crippen LogP contribution in [-0.2, 0) is 0 Å². The topological polar surface area (TPSA) is 0 Å². The summed E-state index contributed by atoms with van der Waals surface area (Å²) in [5, 5.41) is 5.54. The van der Waals surface area contributed by atoms with Gasteiger partial charge in [-0.3, -0.25) is 0 Å². The minimum atomic E-state index is -0.609. The van der Waals surface area contributed by atoms with E-state index < -0.39 is 15.8 Å². The molecule has 0 atom stereocenters. The van der Waals surface area contributed by atoms with Crippen molar-refractivity contribution >= 4 is 56.5 Å². The molecule has 0 heterocycles. The number of rotatable bonds is 6. The molecule has 0 saturated carbocycles. The van der Waals surface area contributed by atoms with Crippen molar-refractivity contribution in [2.24, 2.45) is 0 Å². The van der Waals surface area contributed by atoms with E-state index in [0.29, 0.717) is 0 Å². The van der Waals surface area contributed by atoms with Gasteiger partial charge < -0.3 is 0 Å². The Kier molecular flexibility index (Phi) is 6.64. The van der Waals surface area contributed by atoms with Crippen LogP contribution in [0.2, 0.25) is 0 Å². The van der Waals surface area contributed by atoms with E-state index in [1.807, 2.05) is 0 Å². The first-order valence-corrected chi connectivity index (χ1v) is 12.7. The molecule has 0 fully saturated rings. The van der Waals surface area contributed by atoms with Crippen LogP contribution in [0.1, 0.15) is 0 Å². The van der Waals surface area contributed by atoms with E-state index in [4.69, 9.17) is 0 Å². The van der Waals surface area contributed by atoms with Crippen LogP contribution in [0.25, 0.3) is 0 Å². The van der Waals surface area contributed by atoms with Crippen LogP contribution < -0.4 is 21.2 Å². The van der Waals surface area contributed by atoms with Crippen molar-refractivity contribution in [3.8, 4) is 0 Å². The quantitative estimate of drug-likeness (QED) is 0.293. The third kappa shape index (κ3) is 4.41. The Hall–Kier alpha value is -1.87. The molecule has 0 saturated heterocycles. The molecule has 0 nitrogen and oxygen atoms in total. The van der Waals surface area contributed by atoms with Crippen molar-refractivity contribution in [1.29, 1.82) is 0 Å². The van der Waals surface area contributed by atoms with Gasteiger partial charge in [0, 0.05) is 0 Å². The van der Waals surface area contributed by atoms with Crippen LogP contribution in [0.4, 0.5) is 0 Å². The summed E-state index contributed by atoms with van der Waals surface area (Å²) in [6.45, 7) is 0. The van der Waals surface area contributed by atoms with Gasteiger partial charge in [-0.15, -0.1) is 0 Å². The first-order valence-electron chi connectivity index (χ1n) is 9.19. The van der Waals surface area contributed by atoms with E-state index in [9.17, 15) is 0 Å². The van der Waals surface area contributed by atoms with Crippen LogP contribution in [0, 0.1) is 0 Å². The van der Waals surface area contributed by atoms with Gasteiger partial charge in [0.2, 0.25) is 0 Å². The summed E-state index contributed by atoms with van der Waals surface area (Å²) in [7, 11) is -1.22. The maximum atomic E-state index is 3.55. The molecule has 0 N–H and O–H groups in total. The van der Waals surface area contributed by atoms with E-state index in [2.05, 4.69) is 137 Å². The van der Waals surface area contributed by atoms with Crippen LogP contribution >= 0.6 is 15.8 Å². The van der Waals surface area contributed by atoms with Crippen LogP contribution in [0.3, 0.4) is 0 Å². The van der Waals surface area contributed by atoms with Gasteiger partial charge in [-0.25, -0.2) is 0 Å². The third-order valence-electron chi connectivity index (χ3n) is 4.44. The molecular weight excluding hydrogens is 441 g/mol. The van der Waals surface area contributed by atoms with E-state index in [-0.39, 0.29) is 0 Å². The predicted molar refractivity (Wildman–Crippen MR) is 129 cm³/mol. The van der Waals surface area contributed by atoms with Crippen LogP contribution in [-0.4, -0.2) is 19.5 Å². The van der Waals surface area contributed by atoms with Crippen molar-refractivity contribution in [3.63, 3.8) is 0 Å². The normalized spacial score (nSPS) is 10.9. The fourth-order valence-electron chi connectivity index (χ4n) is 3.15. The van der Waals surface area contributed by atoms with E-state index >= 15 is 0 Å². The van der Waals surface area contributed by atoms with E-state index in [1.54, 1.807) is 0 Å². The summed E-state index contributed by atoms with van der Waals surface area (Å²) >= 11 is 3.55. The zero-order chi connectivity index (χ0) is 19.2. The van der Waals surface area contributed by atoms with Crippen LogP contribution in [0.5, 0.6) is 0 Å². The summed E-state index contributed by atoms with van der Waals surface area (Å²) in [5.41, 5.74) is 0. The van der Waals surface area contributed by atoms with E-state index in [0.717, 1.165) is 0 Å². The van der Waals surface area contributed by atoms with Gasteiger partial charge in [0.05, 0.1) is 0 Å². The van der Waals surface area contributed by atoms with Gasteiger partial charge in [0.15, 0.2) is 0 Å². The van der Waals surface area contributed by atoms with Gasteiger partial charge in [-0.2, -0.15) is 0 Å². The monoisotopic (exact) mass is 462 g/mol. The van der Waals surface area contributed by atoms with Gasteiger partial charge in [-0.1, -0.05) is 0 Å². The second kappa shape index (κ2) is 9.56. The summed E-state index contributed by atoms with van der Waals surface area (Å²) in [5.74, 6) is 0. The second-order valence-electron chi connectivity index (χ2n) is 6.30. The van der Waals surface area contributed by atoms with Gasteiger partial charge in [0.1, 0.15) is 0 Å². The molecule has 0 amide bonds. The molecule has 4 aromatic carbocycles. The molecule has 0 unspecified atom stereocenters. The zero-order valence-electron chi connectivity index (χ0n) is 15.3. The fraction of sp³-hybridized carbons (Fsp3) is 0. The Morgan fingerprint density at radius 3 is 0.821 bits per heavy atom. The van der Waals surface area contributed by atoms with Crippen molar-refractivity contribution in [2.45, 2.75) is 0 Å².